The summed E-state index contributed by atoms with van der Waals surface area (Å²) < 4.78 is 17.4. The van der Waals surface area contributed by atoms with E-state index in [0.29, 0.717) is 16.0 Å². The maximum atomic E-state index is 13.5. The molecule has 1 unspecified atom stereocenters. The Morgan fingerprint density at radius 3 is 2.89 bits per heavy atom. The van der Waals surface area contributed by atoms with Crippen molar-refractivity contribution in [2.24, 2.45) is 0 Å². The third kappa shape index (κ3) is 2.57. The van der Waals surface area contributed by atoms with E-state index in [-0.39, 0.29) is 5.82 Å². The molecule has 1 N–H and O–H groups in total. The summed E-state index contributed by atoms with van der Waals surface area (Å²) in [5, 5.41) is 14.3. The van der Waals surface area contributed by atoms with Gasteiger partial charge in [0.25, 0.3) is 0 Å². The first kappa shape index (κ1) is 13.1. The van der Waals surface area contributed by atoms with Crippen molar-refractivity contribution in [3.8, 4) is 0 Å². The second kappa shape index (κ2) is 5.54. The third-order valence-corrected chi connectivity index (χ3v) is 3.65. The lowest BCUT2D eigenvalue weighted by atomic mass is 10.0. The Balaban J connectivity index is 2.32. The van der Waals surface area contributed by atoms with E-state index in [9.17, 15) is 9.50 Å². The van der Waals surface area contributed by atoms with Crippen molar-refractivity contribution in [1.29, 1.82) is 0 Å². The molecule has 1 heterocycles. The number of nitrogens with zero attached hydrogens (tertiary/aromatic N) is 2. The lowest BCUT2D eigenvalue weighted by Gasteiger charge is -2.10. The largest absolute Gasteiger partial charge is 0.383 e. The smallest absolute Gasteiger partial charge is 0.126 e. The van der Waals surface area contributed by atoms with Gasteiger partial charge in [0.05, 0.1) is 10.6 Å². The van der Waals surface area contributed by atoms with Crippen molar-refractivity contribution >= 4 is 11.5 Å². The quantitative estimate of drug-likeness (QED) is 0.925. The summed E-state index contributed by atoms with van der Waals surface area (Å²) in [7, 11) is 0. The van der Waals surface area contributed by atoms with Gasteiger partial charge in [0.2, 0.25) is 0 Å². The van der Waals surface area contributed by atoms with Crippen molar-refractivity contribution in [2.75, 3.05) is 0 Å². The molecule has 0 fully saturated rings. The minimum atomic E-state index is -0.846. The number of rotatable bonds is 4. The third-order valence-electron chi connectivity index (χ3n) is 2.83. The normalized spacial score (nSPS) is 12.7. The topological polar surface area (TPSA) is 46.0 Å². The van der Waals surface area contributed by atoms with Crippen LogP contribution in [-0.2, 0) is 6.42 Å². The predicted octanol–water partition coefficient (Wildman–Crippen LogP) is 3.02. The molecular formula is C13H15FN2OS. The van der Waals surface area contributed by atoms with Crippen molar-refractivity contribution < 1.29 is 9.50 Å². The molecule has 0 amide bonds. The molecule has 1 aromatic heterocycles. The molecule has 0 saturated heterocycles. The van der Waals surface area contributed by atoms with E-state index >= 15 is 0 Å². The van der Waals surface area contributed by atoms with E-state index in [1.165, 1.54) is 17.6 Å². The fraction of sp³-hybridized carbons (Fsp3) is 0.385. The fourth-order valence-corrected chi connectivity index (χ4v) is 2.48. The Morgan fingerprint density at radius 1 is 1.44 bits per heavy atom. The Hall–Kier alpha value is -1.33. The molecule has 0 spiro atoms. The van der Waals surface area contributed by atoms with Crippen LogP contribution in [0.15, 0.2) is 18.2 Å². The van der Waals surface area contributed by atoms with Crippen LogP contribution in [0.2, 0.25) is 0 Å². The van der Waals surface area contributed by atoms with Gasteiger partial charge >= 0.3 is 0 Å². The molecule has 0 bridgehead atoms. The molecule has 5 heteroatoms. The number of hydrogen-bond donors (Lipinski definition) is 1. The van der Waals surface area contributed by atoms with Crippen LogP contribution in [0.5, 0.6) is 0 Å². The van der Waals surface area contributed by atoms with Crippen LogP contribution >= 0.6 is 11.5 Å². The van der Waals surface area contributed by atoms with Gasteiger partial charge in [-0.3, -0.25) is 0 Å². The average Bonchev–Trinajstić information content (AvgIpc) is 2.80. The van der Waals surface area contributed by atoms with E-state index in [1.54, 1.807) is 19.1 Å². The molecule has 18 heavy (non-hydrogen) atoms. The van der Waals surface area contributed by atoms with Gasteiger partial charge in [0.1, 0.15) is 11.9 Å². The minimum absolute atomic E-state index is 0.305. The van der Waals surface area contributed by atoms with Crippen molar-refractivity contribution in [3.63, 3.8) is 0 Å². The van der Waals surface area contributed by atoms with Gasteiger partial charge in [0.15, 0.2) is 0 Å². The maximum absolute atomic E-state index is 13.5. The molecule has 0 saturated carbocycles. The van der Waals surface area contributed by atoms with Crippen molar-refractivity contribution in [1.82, 2.24) is 9.59 Å². The standard InChI is InChI=1S/C13H15FN2OS/c1-3-4-11-13(18-16-15-11)12(17)9-6-5-8(2)10(14)7-9/h5-7,12,17H,3-4H2,1-2H3. The zero-order valence-electron chi connectivity index (χ0n) is 10.4. The Morgan fingerprint density at radius 2 is 2.22 bits per heavy atom. The van der Waals surface area contributed by atoms with Crippen LogP contribution in [0.25, 0.3) is 0 Å². The van der Waals surface area contributed by atoms with Gasteiger partial charge < -0.3 is 5.11 Å². The summed E-state index contributed by atoms with van der Waals surface area (Å²) in [5.74, 6) is -0.305. The second-order valence-electron chi connectivity index (χ2n) is 4.25. The maximum Gasteiger partial charge on any atom is 0.126 e. The van der Waals surface area contributed by atoms with E-state index < -0.39 is 6.10 Å². The Labute approximate surface area is 109 Å². The Bertz CT molecular complexity index is 542. The molecule has 96 valence electrons. The molecule has 1 atom stereocenters. The number of aryl methyl sites for hydroxylation is 2. The number of aromatic nitrogens is 2. The summed E-state index contributed by atoms with van der Waals surface area (Å²) in [6.45, 7) is 3.74. The highest BCUT2D eigenvalue weighted by atomic mass is 32.1. The van der Waals surface area contributed by atoms with Gasteiger partial charge in [-0.15, -0.1) is 5.10 Å². The van der Waals surface area contributed by atoms with Crippen LogP contribution in [0, 0.1) is 12.7 Å². The summed E-state index contributed by atoms with van der Waals surface area (Å²) in [6, 6.07) is 4.77. The first-order valence-corrected chi connectivity index (χ1v) is 6.66. The van der Waals surface area contributed by atoms with Crippen LogP contribution < -0.4 is 0 Å². The summed E-state index contributed by atoms with van der Waals surface area (Å²) >= 11 is 1.17. The minimum Gasteiger partial charge on any atom is -0.383 e. The van der Waals surface area contributed by atoms with Crippen LogP contribution in [0.3, 0.4) is 0 Å². The first-order valence-electron chi connectivity index (χ1n) is 5.88. The van der Waals surface area contributed by atoms with Gasteiger partial charge in [-0.2, -0.15) is 0 Å². The molecule has 0 radical (unpaired) electrons. The van der Waals surface area contributed by atoms with Crippen molar-refractivity contribution in [2.45, 2.75) is 32.8 Å². The molecule has 2 rings (SSSR count). The molecule has 0 aliphatic heterocycles. The van der Waals surface area contributed by atoms with Gasteiger partial charge in [-0.05, 0) is 42.1 Å². The van der Waals surface area contributed by atoms with Crippen LogP contribution in [-0.4, -0.2) is 14.7 Å². The number of halogens is 1. The monoisotopic (exact) mass is 266 g/mol. The summed E-state index contributed by atoms with van der Waals surface area (Å²) in [4.78, 5) is 0.708. The SMILES string of the molecule is CCCc1nnsc1C(O)c1ccc(C)c(F)c1. The van der Waals surface area contributed by atoms with Crippen molar-refractivity contribution in [3.05, 3.63) is 45.7 Å². The summed E-state index contributed by atoms with van der Waals surface area (Å²) in [6.07, 6.45) is 0.867. The highest BCUT2D eigenvalue weighted by molar-refractivity contribution is 7.05. The lowest BCUT2D eigenvalue weighted by molar-refractivity contribution is 0.222. The number of benzene rings is 1. The fourth-order valence-electron chi connectivity index (χ4n) is 1.76. The molecule has 1 aromatic carbocycles. The van der Waals surface area contributed by atoms with E-state index in [4.69, 9.17) is 0 Å². The second-order valence-corrected chi connectivity index (χ2v) is 5.03. The highest BCUT2D eigenvalue weighted by Gasteiger charge is 2.19. The highest BCUT2D eigenvalue weighted by Crippen LogP contribution is 2.28. The number of aliphatic hydroxyl groups excluding tert-OH is 1. The van der Waals surface area contributed by atoms with Gasteiger partial charge in [-0.25, -0.2) is 4.39 Å². The molecular weight excluding hydrogens is 251 g/mol. The van der Waals surface area contributed by atoms with E-state index in [1.807, 2.05) is 6.92 Å². The molecule has 3 nitrogen and oxygen atoms in total. The molecule has 0 aliphatic carbocycles. The lowest BCUT2D eigenvalue weighted by Crippen LogP contribution is -2.02. The van der Waals surface area contributed by atoms with Crippen LogP contribution in [0.4, 0.5) is 4.39 Å². The molecule has 0 aliphatic rings. The van der Waals surface area contributed by atoms with Gasteiger partial charge in [0, 0.05) is 0 Å². The van der Waals surface area contributed by atoms with Gasteiger partial charge in [-0.1, -0.05) is 30.0 Å². The Kier molecular flexibility index (Phi) is 4.04. The predicted molar refractivity (Wildman–Crippen MR) is 69.1 cm³/mol. The molecule has 2 aromatic rings. The zero-order valence-corrected chi connectivity index (χ0v) is 11.2. The first-order chi connectivity index (χ1) is 8.63. The number of aliphatic hydroxyl groups is 1. The van der Waals surface area contributed by atoms with Crippen LogP contribution in [0.1, 0.15) is 41.1 Å². The average molecular weight is 266 g/mol. The summed E-state index contributed by atoms with van der Waals surface area (Å²) in [5.41, 5.74) is 1.92. The number of hydrogen-bond acceptors (Lipinski definition) is 4. The zero-order chi connectivity index (χ0) is 13.1. The van der Waals surface area contributed by atoms with E-state index in [0.717, 1.165) is 18.5 Å². The van der Waals surface area contributed by atoms with E-state index in [2.05, 4.69) is 9.59 Å².